The van der Waals surface area contributed by atoms with E-state index in [-0.39, 0.29) is 11.5 Å². The molecule has 0 fully saturated rings. The first kappa shape index (κ1) is 23.9. The molecule has 0 bridgehead atoms. The maximum Gasteiger partial charge on any atom is 0.337 e. The van der Waals surface area contributed by atoms with Crippen LogP contribution < -0.4 is 5.56 Å². The second-order valence-corrected chi connectivity index (χ2v) is 9.01. The maximum atomic E-state index is 13.2. The molecule has 2 aromatic heterocycles. The number of methoxy groups -OCH3 is 1. The lowest BCUT2D eigenvalue weighted by Crippen LogP contribution is -2.23. The summed E-state index contributed by atoms with van der Waals surface area (Å²) in [6.07, 6.45) is 2.25. The monoisotopic (exact) mass is 541 g/mol. The number of esters is 1. The molecule has 9 heteroatoms. The highest BCUT2D eigenvalue weighted by molar-refractivity contribution is 9.10. The standard InChI is InChI=1S/C25H21BrClN3O4/c1-4-14(2)23-29-21-9-6-16(26)12-19(21)24(31)30(23)28-13-17-7-10-22(34-17)18-11-15(25(32)33-3)5-8-20(18)27/h5-14H,4H2,1-3H3/t14-/m1/s1. The van der Waals surface area contributed by atoms with E-state index in [2.05, 4.69) is 21.0 Å². The van der Waals surface area contributed by atoms with E-state index < -0.39 is 5.97 Å². The molecule has 0 amide bonds. The number of carbonyl (C=O) groups excluding carboxylic acids is 1. The van der Waals surface area contributed by atoms with Gasteiger partial charge in [0.2, 0.25) is 0 Å². The van der Waals surface area contributed by atoms with Crippen LogP contribution in [0.2, 0.25) is 5.02 Å². The summed E-state index contributed by atoms with van der Waals surface area (Å²) < 4.78 is 12.8. The fourth-order valence-electron chi connectivity index (χ4n) is 3.42. The molecule has 0 unspecified atom stereocenters. The second-order valence-electron chi connectivity index (χ2n) is 7.69. The molecule has 0 saturated heterocycles. The summed E-state index contributed by atoms with van der Waals surface area (Å²) in [6.45, 7) is 4.03. The van der Waals surface area contributed by atoms with Crippen LogP contribution in [0.4, 0.5) is 0 Å². The zero-order chi connectivity index (χ0) is 24.4. The van der Waals surface area contributed by atoms with Crippen molar-refractivity contribution in [2.75, 3.05) is 7.11 Å². The van der Waals surface area contributed by atoms with Crippen molar-refractivity contribution in [1.29, 1.82) is 0 Å². The number of hydrogen-bond acceptors (Lipinski definition) is 6. The van der Waals surface area contributed by atoms with Gasteiger partial charge < -0.3 is 9.15 Å². The van der Waals surface area contributed by atoms with E-state index in [0.29, 0.717) is 44.4 Å². The fourth-order valence-corrected chi connectivity index (χ4v) is 3.99. The zero-order valence-corrected chi connectivity index (χ0v) is 21.1. The quantitative estimate of drug-likeness (QED) is 0.212. The summed E-state index contributed by atoms with van der Waals surface area (Å²) in [5, 5.41) is 5.30. The number of nitrogens with zero attached hydrogens (tertiary/aromatic N) is 3. The van der Waals surface area contributed by atoms with Crippen molar-refractivity contribution >= 4 is 50.6 Å². The van der Waals surface area contributed by atoms with Gasteiger partial charge in [-0.3, -0.25) is 4.79 Å². The van der Waals surface area contributed by atoms with Gasteiger partial charge in [-0.15, -0.1) is 0 Å². The number of aromatic nitrogens is 2. The molecule has 4 aromatic rings. The Morgan fingerprint density at radius 2 is 2.06 bits per heavy atom. The van der Waals surface area contributed by atoms with Gasteiger partial charge in [0, 0.05) is 16.0 Å². The summed E-state index contributed by atoms with van der Waals surface area (Å²) >= 11 is 9.73. The highest BCUT2D eigenvalue weighted by Gasteiger charge is 2.16. The number of fused-ring (bicyclic) bond motifs is 1. The van der Waals surface area contributed by atoms with E-state index in [1.807, 2.05) is 26.0 Å². The third-order valence-corrected chi connectivity index (χ3v) is 6.29. The Kier molecular flexibility index (Phi) is 7.00. The Labute approximate surface area is 209 Å². The van der Waals surface area contributed by atoms with E-state index in [4.69, 9.17) is 25.7 Å². The summed E-state index contributed by atoms with van der Waals surface area (Å²) in [5.41, 5.74) is 1.25. The number of hydrogen-bond donors (Lipinski definition) is 0. The van der Waals surface area contributed by atoms with Crippen LogP contribution in [-0.4, -0.2) is 29.0 Å². The Balaban J connectivity index is 1.75. The molecular formula is C25H21BrClN3O4. The van der Waals surface area contributed by atoms with Crippen LogP contribution in [0, 0.1) is 0 Å². The first-order chi connectivity index (χ1) is 16.3. The molecular weight excluding hydrogens is 522 g/mol. The lowest BCUT2D eigenvalue weighted by atomic mass is 10.1. The van der Waals surface area contributed by atoms with Gasteiger partial charge in [0.1, 0.15) is 17.3 Å². The first-order valence-electron chi connectivity index (χ1n) is 10.6. The van der Waals surface area contributed by atoms with E-state index in [1.54, 1.807) is 36.4 Å². The summed E-state index contributed by atoms with van der Waals surface area (Å²) in [4.78, 5) is 29.8. The number of rotatable bonds is 6. The van der Waals surface area contributed by atoms with Crippen LogP contribution in [0.3, 0.4) is 0 Å². The number of benzene rings is 2. The van der Waals surface area contributed by atoms with Crippen LogP contribution in [0.5, 0.6) is 0 Å². The number of ether oxygens (including phenoxy) is 1. The molecule has 34 heavy (non-hydrogen) atoms. The average Bonchev–Trinajstić information content (AvgIpc) is 3.31. The SMILES string of the molecule is CC[C@@H](C)c1nc2ccc(Br)cc2c(=O)n1N=Cc1ccc(-c2cc(C(=O)OC)ccc2Cl)o1. The summed E-state index contributed by atoms with van der Waals surface area (Å²) in [6, 6.07) is 13.6. The Bertz CT molecular complexity index is 1480. The molecule has 0 N–H and O–H groups in total. The van der Waals surface area contributed by atoms with E-state index in [0.717, 1.165) is 10.9 Å². The van der Waals surface area contributed by atoms with Crippen molar-refractivity contribution in [2.24, 2.45) is 5.10 Å². The minimum Gasteiger partial charge on any atom is -0.465 e. The third-order valence-electron chi connectivity index (χ3n) is 5.47. The number of furan rings is 1. The molecule has 2 aromatic carbocycles. The van der Waals surface area contributed by atoms with Crippen molar-refractivity contribution in [3.8, 4) is 11.3 Å². The predicted molar refractivity (Wildman–Crippen MR) is 136 cm³/mol. The lowest BCUT2D eigenvalue weighted by molar-refractivity contribution is 0.0601. The van der Waals surface area contributed by atoms with E-state index in [1.165, 1.54) is 18.0 Å². The highest BCUT2D eigenvalue weighted by Crippen LogP contribution is 2.30. The molecule has 4 rings (SSSR count). The smallest absolute Gasteiger partial charge is 0.337 e. The molecule has 0 radical (unpaired) electrons. The minimum absolute atomic E-state index is 0.0185. The Morgan fingerprint density at radius 3 is 2.79 bits per heavy atom. The lowest BCUT2D eigenvalue weighted by Gasteiger charge is -2.13. The molecule has 0 saturated carbocycles. The van der Waals surface area contributed by atoms with Crippen molar-refractivity contribution in [3.63, 3.8) is 0 Å². The van der Waals surface area contributed by atoms with Crippen LogP contribution in [-0.2, 0) is 4.74 Å². The van der Waals surface area contributed by atoms with Crippen LogP contribution in [0.25, 0.3) is 22.2 Å². The van der Waals surface area contributed by atoms with Crippen LogP contribution >= 0.6 is 27.5 Å². The second kappa shape index (κ2) is 9.95. The number of halogens is 2. The van der Waals surface area contributed by atoms with Crippen molar-refractivity contribution in [1.82, 2.24) is 9.66 Å². The third kappa shape index (κ3) is 4.69. The summed E-state index contributed by atoms with van der Waals surface area (Å²) in [5.74, 6) is 0.973. The Hall–Kier alpha value is -3.23. The molecule has 1 atom stereocenters. The molecule has 7 nitrogen and oxygen atoms in total. The molecule has 0 aliphatic carbocycles. The van der Waals surface area contributed by atoms with E-state index in [9.17, 15) is 9.59 Å². The predicted octanol–water partition coefficient (Wildman–Crippen LogP) is 6.25. The normalized spacial score (nSPS) is 12.4. The van der Waals surface area contributed by atoms with E-state index >= 15 is 0 Å². The number of carbonyl (C=O) groups is 1. The van der Waals surface area contributed by atoms with Gasteiger partial charge in [-0.1, -0.05) is 41.4 Å². The van der Waals surface area contributed by atoms with Gasteiger partial charge in [0.05, 0.1) is 34.8 Å². The van der Waals surface area contributed by atoms with Gasteiger partial charge in [0.15, 0.2) is 0 Å². The zero-order valence-electron chi connectivity index (χ0n) is 18.7. The topological polar surface area (TPSA) is 86.7 Å². The molecule has 0 aliphatic heterocycles. The van der Waals surface area contributed by atoms with Gasteiger partial charge >= 0.3 is 5.97 Å². The average molecular weight is 543 g/mol. The van der Waals surface area contributed by atoms with Gasteiger partial charge in [-0.25, -0.2) is 9.78 Å². The maximum absolute atomic E-state index is 13.2. The van der Waals surface area contributed by atoms with Gasteiger partial charge in [-0.2, -0.15) is 9.78 Å². The fraction of sp³-hybridized carbons (Fsp3) is 0.200. The minimum atomic E-state index is -0.473. The van der Waals surface area contributed by atoms with Crippen LogP contribution in [0.1, 0.15) is 48.1 Å². The largest absolute Gasteiger partial charge is 0.465 e. The molecule has 0 aliphatic rings. The first-order valence-corrected chi connectivity index (χ1v) is 11.7. The molecule has 174 valence electrons. The molecule has 2 heterocycles. The highest BCUT2D eigenvalue weighted by atomic mass is 79.9. The van der Waals surface area contributed by atoms with Gasteiger partial charge in [-0.05, 0) is 55.0 Å². The van der Waals surface area contributed by atoms with Crippen LogP contribution in [0.15, 0.2) is 67.3 Å². The van der Waals surface area contributed by atoms with Crippen molar-refractivity contribution in [2.45, 2.75) is 26.2 Å². The van der Waals surface area contributed by atoms with Gasteiger partial charge in [0.25, 0.3) is 5.56 Å². The summed E-state index contributed by atoms with van der Waals surface area (Å²) in [7, 11) is 1.31. The van der Waals surface area contributed by atoms with Crippen molar-refractivity contribution < 1.29 is 13.9 Å². The van der Waals surface area contributed by atoms with Crippen molar-refractivity contribution in [3.05, 3.63) is 85.5 Å². The molecule has 0 spiro atoms. The Morgan fingerprint density at radius 1 is 1.26 bits per heavy atom.